The fourth-order valence-corrected chi connectivity index (χ4v) is 2.68. The van der Waals surface area contributed by atoms with Gasteiger partial charge in [0.25, 0.3) is 0 Å². The largest absolute Gasteiger partial charge is 0.303 e. The number of carbonyl (C=O) groups is 1. The molecule has 0 N–H and O–H groups in total. The fraction of sp³-hybridized carbons (Fsp3) is 0.231. The predicted molar refractivity (Wildman–Crippen MR) is 68.7 cm³/mol. The number of benzene rings is 1. The molecule has 0 aliphatic carbocycles. The summed E-state index contributed by atoms with van der Waals surface area (Å²) in [5.41, 5.74) is 4.09. The number of pyridine rings is 1. The summed E-state index contributed by atoms with van der Waals surface area (Å²) in [6.07, 6.45) is 1.36. The zero-order valence-electron chi connectivity index (χ0n) is 9.25. The topological polar surface area (TPSA) is 30.0 Å². The van der Waals surface area contributed by atoms with E-state index >= 15 is 0 Å². The molecule has 0 saturated heterocycles. The van der Waals surface area contributed by atoms with Crippen LogP contribution in [-0.2, 0) is 11.2 Å². The summed E-state index contributed by atoms with van der Waals surface area (Å²) in [6.45, 7) is 3.99. The minimum Gasteiger partial charge on any atom is -0.303 e. The number of fused-ring (bicyclic) bond motifs is 1. The number of aldehydes is 1. The lowest BCUT2D eigenvalue weighted by molar-refractivity contribution is -0.107. The molecule has 0 saturated carbocycles. The molecule has 0 atom stereocenters. The molecular weight excluding hydrogens is 266 g/mol. The second kappa shape index (κ2) is 4.34. The molecule has 3 heteroatoms. The van der Waals surface area contributed by atoms with Crippen LogP contribution in [-0.4, -0.2) is 11.3 Å². The third-order valence-electron chi connectivity index (χ3n) is 2.83. The van der Waals surface area contributed by atoms with Crippen LogP contribution < -0.4 is 0 Å². The van der Waals surface area contributed by atoms with Crippen molar-refractivity contribution in [2.24, 2.45) is 0 Å². The smallest absolute Gasteiger partial charge is 0.124 e. The SMILES string of the molecule is Cc1nc2cccc(Br)c2c(C)c1CC=O. The van der Waals surface area contributed by atoms with Gasteiger partial charge in [-0.05, 0) is 37.1 Å². The van der Waals surface area contributed by atoms with Gasteiger partial charge in [0.15, 0.2) is 0 Å². The summed E-state index contributed by atoms with van der Waals surface area (Å²) in [6, 6.07) is 5.96. The first-order valence-corrected chi connectivity index (χ1v) is 5.92. The Kier molecular flexibility index (Phi) is 3.06. The first kappa shape index (κ1) is 11.3. The Morgan fingerprint density at radius 2 is 2.12 bits per heavy atom. The zero-order chi connectivity index (χ0) is 11.7. The summed E-state index contributed by atoms with van der Waals surface area (Å²) in [5.74, 6) is 0. The molecular formula is C13H12BrNO. The highest BCUT2D eigenvalue weighted by atomic mass is 79.9. The molecule has 0 amide bonds. The predicted octanol–water partition coefficient (Wildman–Crippen LogP) is 3.36. The average Bonchev–Trinajstić information content (AvgIpc) is 2.24. The Balaban J connectivity index is 2.85. The normalized spacial score (nSPS) is 10.7. The molecule has 0 unspecified atom stereocenters. The molecule has 0 radical (unpaired) electrons. The van der Waals surface area contributed by atoms with E-state index in [0.717, 1.165) is 38.5 Å². The highest BCUT2D eigenvalue weighted by Gasteiger charge is 2.10. The number of aromatic nitrogens is 1. The molecule has 1 aromatic heterocycles. The number of rotatable bonds is 2. The quantitative estimate of drug-likeness (QED) is 0.788. The molecule has 2 nitrogen and oxygen atoms in total. The molecule has 16 heavy (non-hydrogen) atoms. The van der Waals surface area contributed by atoms with Crippen molar-refractivity contribution >= 4 is 33.1 Å². The third-order valence-corrected chi connectivity index (χ3v) is 3.49. The van der Waals surface area contributed by atoms with E-state index in [2.05, 4.69) is 20.9 Å². The van der Waals surface area contributed by atoms with Crippen molar-refractivity contribution in [1.82, 2.24) is 4.98 Å². The van der Waals surface area contributed by atoms with Gasteiger partial charge in [0, 0.05) is 22.0 Å². The van der Waals surface area contributed by atoms with Gasteiger partial charge in [-0.2, -0.15) is 0 Å². The minimum absolute atomic E-state index is 0.432. The van der Waals surface area contributed by atoms with E-state index in [-0.39, 0.29) is 0 Å². The standard InChI is InChI=1S/C13H12BrNO/c1-8-10(6-7-16)9(2)15-12-5-3-4-11(14)13(8)12/h3-5,7H,6H2,1-2H3. The molecule has 2 rings (SSSR count). The van der Waals surface area contributed by atoms with Gasteiger partial charge in [-0.1, -0.05) is 22.0 Å². The maximum absolute atomic E-state index is 10.7. The Bertz CT molecular complexity index is 563. The van der Waals surface area contributed by atoms with E-state index in [1.54, 1.807) is 0 Å². The van der Waals surface area contributed by atoms with E-state index in [0.29, 0.717) is 6.42 Å². The van der Waals surface area contributed by atoms with E-state index in [1.807, 2.05) is 32.0 Å². The Labute approximate surface area is 103 Å². The molecule has 2 aromatic rings. The van der Waals surface area contributed by atoms with Crippen LogP contribution in [0.2, 0.25) is 0 Å². The molecule has 0 bridgehead atoms. The van der Waals surface area contributed by atoms with Crippen molar-refractivity contribution in [1.29, 1.82) is 0 Å². The van der Waals surface area contributed by atoms with Gasteiger partial charge in [0.1, 0.15) is 6.29 Å². The maximum atomic E-state index is 10.7. The van der Waals surface area contributed by atoms with Crippen LogP contribution in [0.25, 0.3) is 10.9 Å². The van der Waals surface area contributed by atoms with Crippen molar-refractivity contribution in [3.8, 4) is 0 Å². The molecule has 0 spiro atoms. The Morgan fingerprint density at radius 1 is 1.38 bits per heavy atom. The zero-order valence-corrected chi connectivity index (χ0v) is 10.8. The van der Waals surface area contributed by atoms with Crippen LogP contribution >= 0.6 is 15.9 Å². The molecule has 0 fully saturated rings. The summed E-state index contributed by atoms with van der Waals surface area (Å²) in [7, 11) is 0. The molecule has 1 aromatic carbocycles. The number of halogens is 1. The van der Waals surface area contributed by atoms with Crippen LogP contribution in [0.3, 0.4) is 0 Å². The van der Waals surface area contributed by atoms with Gasteiger partial charge in [-0.25, -0.2) is 0 Å². The highest BCUT2D eigenvalue weighted by Crippen LogP contribution is 2.29. The molecule has 0 aliphatic heterocycles. The molecule has 82 valence electrons. The molecule has 1 heterocycles. The first-order valence-electron chi connectivity index (χ1n) is 5.13. The van der Waals surface area contributed by atoms with Crippen molar-refractivity contribution < 1.29 is 4.79 Å². The van der Waals surface area contributed by atoms with E-state index in [9.17, 15) is 4.79 Å². The summed E-state index contributed by atoms with van der Waals surface area (Å²) >= 11 is 3.53. The van der Waals surface area contributed by atoms with Crippen molar-refractivity contribution in [3.63, 3.8) is 0 Å². The summed E-state index contributed by atoms with van der Waals surface area (Å²) in [4.78, 5) is 15.2. The number of hydrogen-bond donors (Lipinski definition) is 0. The maximum Gasteiger partial charge on any atom is 0.124 e. The van der Waals surface area contributed by atoms with E-state index < -0.39 is 0 Å². The van der Waals surface area contributed by atoms with Crippen molar-refractivity contribution in [2.45, 2.75) is 20.3 Å². The lowest BCUT2D eigenvalue weighted by Crippen LogP contribution is -1.99. The second-order valence-electron chi connectivity index (χ2n) is 3.81. The van der Waals surface area contributed by atoms with Crippen LogP contribution in [0.15, 0.2) is 22.7 Å². The van der Waals surface area contributed by atoms with Gasteiger partial charge < -0.3 is 4.79 Å². The van der Waals surface area contributed by atoms with E-state index in [1.165, 1.54) is 0 Å². The monoisotopic (exact) mass is 277 g/mol. The van der Waals surface area contributed by atoms with Crippen LogP contribution in [0, 0.1) is 13.8 Å². The lowest BCUT2D eigenvalue weighted by Gasteiger charge is -2.11. The average molecular weight is 278 g/mol. The minimum atomic E-state index is 0.432. The Morgan fingerprint density at radius 3 is 2.81 bits per heavy atom. The van der Waals surface area contributed by atoms with Crippen LogP contribution in [0.4, 0.5) is 0 Å². The Hall–Kier alpha value is -1.22. The van der Waals surface area contributed by atoms with Crippen LogP contribution in [0.5, 0.6) is 0 Å². The third kappa shape index (κ3) is 1.76. The van der Waals surface area contributed by atoms with Gasteiger partial charge in [0.2, 0.25) is 0 Å². The van der Waals surface area contributed by atoms with Gasteiger partial charge >= 0.3 is 0 Å². The van der Waals surface area contributed by atoms with Gasteiger partial charge in [0.05, 0.1) is 5.52 Å². The highest BCUT2D eigenvalue weighted by molar-refractivity contribution is 9.10. The number of carbonyl (C=O) groups excluding carboxylic acids is 1. The van der Waals surface area contributed by atoms with Crippen molar-refractivity contribution in [2.75, 3.05) is 0 Å². The van der Waals surface area contributed by atoms with Gasteiger partial charge in [-0.3, -0.25) is 4.98 Å². The summed E-state index contributed by atoms with van der Waals surface area (Å²) in [5, 5.41) is 1.10. The first-order chi connectivity index (χ1) is 7.65. The fourth-order valence-electron chi connectivity index (χ4n) is 2.03. The van der Waals surface area contributed by atoms with Crippen LogP contribution in [0.1, 0.15) is 16.8 Å². The number of nitrogens with zero attached hydrogens (tertiary/aromatic N) is 1. The second-order valence-corrected chi connectivity index (χ2v) is 4.66. The van der Waals surface area contributed by atoms with E-state index in [4.69, 9.17) is 0 Å². The van der Waals surface area contributed by atoms with Gasteiger partial charge in [-0.15, -0.1) is 0 Å². The lowest BCUT2D eigenvalue weighted by atomic mass is 10.0. The molecule has 0 aliphatic rings. The summed E-state index contributed by atoms with van der Waals surface area (Å²) < 4.78 is 1.03. The van der Waals surface area contributed by atoms with Crippen molar-refractivity contribution in [3.05, 3.63) is 39.5 Å². The number of aryl methyl sites for hydroxylation is 2. The number of hydrogen-bond acceptors (Lipinski definition) is 2.